The molecule has 0 atom stereocenters. The third kappa shape index (κ3) is 5.96. The predicted octanol–water partition coefficient (Wildman–Crippen LogP) is 3.85. The lowest BCUT2D eigenvalue weighted by Gasteiger charge is -2.01. The molecule has 4 rings (SSSR count). The van der Waals surface area contributed by atoms with Crippen molar-refractivity contribution >= 4 is 0 Å². The van der Waals surface area contributed by atoms with Crippen molar-refractivity contribution in [3.05, 3.63) is 102 Å². The average molecular weight is 358 g/mol. The van der Waals surface area contributed by atoms with Gasteiger partial charge in [-0.2, -0.15) is 20.7 Å². The summed E-state index contributed by atoms with van der Waals surface area (Å²) >= 11 is 0. The van der Waals surface area contributed by atoms with E-state index < -0.39 is 5.82 Å². The van der Waals surface area contributed by atoms with Crippen LogP contribution in [0.5, 0.6) is 0 Å². The maximum absolute atomic E-state index is 12.4. The van der Waals surface area contributed by atoms with Gasteiger partial charge in [0.25, 0.3) is 0 Å². The molecule has 0 aliphatic carbocycles. The number of benzene rings is 2. The summed E-state index contributed by atoms with van der Waals surface area (Å²) in [5.41, 5.74) is 1.54. The van der Waals surface area contributed by atoms with E-state index in [1.54, 1.807) is 47.5 Å². The van der Waals surface area contributed by atoms with Crippen LogP contribution in [0.25, 0.3) is 5.69 Å². The number of halogens is 1. The van der Waals surface area contributed by atoms with Crippen LogP contribution in [0.3, 0.4) is 0 Å². The SMILES string of the molecule is N#Cc1ccccc1-n1cccn1.N#Cc1ccccc1F.c1cn[nH]c1. The first-order valence-corrected chi connectivity index (χ1v) is 7.83. The zero-order chi connectivity index (χ0) is 19.3. The summed E-state index contributed by atoms with van der Waals surface area (Å²) in [6, 6.07) is 20.8. The van der Waals surface area contributed by atoms with Gasteiger partial charge in [-0.15, -0.1) is 0 Å². The molecule has 132 valence electrons. The van der Waals surface area contributed by atoms with Crippen molar-refractivity contribution in [3.63, 3.8) is 0 Å². The Hall–Kier alpha value is -4.23. The Kier molecular flexibility index (Phi) is 7.50. The van der Waals surface area contributed by atoms with Crippen LogP contribution in [0, 0.1) is 28.5 Å². The highest BCUT2D eigenvalue weighted by molar-refractivity contribution is 5.47. The molecule has 2 aromatic carbocycles. The van der Waals surface area contributed by atoms with Crippen molar-refractivity contribution in [2.45, 2.75) is 0 Å². The van der Waals surface area contributed by atoms with Crippen LogP contribution >= 0.6 is 0 Å². The highest BCUT2D eigenvalue weighted by Crippen LogP contribution is 2.11. The van der Waals surface area contributed by atoms with Crippen molar-refractivity contribution in [2.24, 2.45) is 0 Å². The first-order chi connectivity index (χ1) is 13.3. The van der Waals surface area contributed by atoms with E-state index >= 15 is 0 Å². The lowest BCUT2D eigenvalue weighted by Crippen LogP contribution is -1.96. The molecule has 0 spiro atoms. The zero-order valence-electron chi connectivity index (χ0n) is 14.2. The lowest BCUT2D eigenvalue weighted by atomic mass is 10.2. The second kappa shape index (κ2) is 10.6. The molecular formula is C20H15FN6. The molecule has 0 unspecified atom stereocenters. The van der Waals surface area contributed by atoms with E-state index in [0.717, 1.165) is 5.69 Å². The number of H-pyrrole nitrogens is 1. The van der Waals surface area contributed by atoms with Crippen molar-refractivity contribution < 1.29 is 4.39 Å². The maximum atomic E-state index is 12.4. The van der Waals surface area contributed by atoms with E-state index in [2.05, 4.69) is 21.4 Å². The van der Waals surface area contributed by atoms with Gasteiger partial charge in [0.2, 0.25) is 0 Å². The average Bonchev–Trinajstić information content (AvgIpc) is 3.45. The van der Waals surface area contributed by atoms with Crippen LogP contribution in [-0.2, 0) is 0 Å². The first kappa shape index (κ1) is 19.1. The topological polar surface area (TPSA) is 94.1 Å². The Balaban J connectivity index is 0.000000161. The van der Waals surface area contributed by atoms with Gasteiger partial charge in [0.05, 0.1) is 16.8 Å². The van der Waals surface area contributed by atoms with Crippen LogP contribution in [-0.4, -0.2) is 20.0 Å². The Morgan fingerprint density at radius 1 is 0.852 bits per heavy atom. The molecule has 6 nitrogen and oxygen atoms in total. The van der Waals surface area contributed by atoms with Crippen LogP contribution < -0.4 is 0 Å². The van der Waals surface area contributed by atoms with Crippen molar-refractivity contribution in [1.29, 1.82) is 10.5 Å². The number of hydrogen-bond donors (Lipinski definition) is 1. The van der Waals surface area contributed by atoms with Crippen LogP contribution in [0.15, 0.2) is 85.5 Å². The largest absolute Gasteiger partial charge is 0.286 e. The van der Waals surface area contributed by atoms with E-state index in [4.69, 9.17) is 10.5 Å². The van der Waals surface area contributed by atoms with Gasteiger partial charge in [-0.05, 0) is 36.4 Å². The fourth-order valence-electron chi connectivity index (χ4n) is 1.95. The minimum Gasteiger partial charge on any atom is -0.286 e. The number of aromatic nitrogens is 4. The summed E-state index contributed by atoms with van der Waals surface area (Å²) < 4.78 is 14.0. The van der Waals surface area contributed by atoms with Gasteiger partial charge in [-0.25, -0.2) is 9.07 Å². The molecule has 0 radical (unpaired) electrons. The summed E-state index contributed by atoms with van der Waals surface area (Å²) in [4.78, 5) is 0. The molecule has 2 heterocycles. The minimum absolute atomic E-state index is 0.0949. The zero-order valence-corrected chi connectivity index (χ0v) is 14.2. The first-order valence-electron chi connectivity index (χ1n) is 7.83. The number of nitrogens with zero attached hydrogens (tertiary/aromatic N) is 5. The van der Waals surface area contributed by atoms with Gasteiger partial charge in [0, 0.05) is 24.8 Å². The van der Waals surface area contributed by atoms with Gasteiger partial charge in [-0.1, -0.05) is 24.3 Å². The van der Waals surface area contributed by atoms with Crippen LogP contribution in [0.4, 0.5) is 4.39 Å². The van der Waals surface area contributed by atoms with E-state index in [1.807, 2.05) is 36.5 Å². The maximum Gasteiger partial charge on any atom is 0.140 e. The summed E-state index contributed by atoms with van der Waals surface area (Å²) in [7, 11) is 0. The highest BCUT2D eigenvalue weighted by atomic mass is 19.1. The predicted molar refractivity (Wildman–Crippen MR) is 98.0 cm³/mol. The molecule has 0 fully saturated rings. The van der Waals surface area contributed by atoms with Gasteiger partial charge >= 0.3 is 0 Å². The highest BCUT2D eigenvalue weighted by Gasteiger charge is 2.01. The third-order valence-corrected chi connectivity index (χ3v) is 3.18. The molecule has 0 saturated carbocycles. The van der Waals surface area contributed by atoms with Gasteiger partial charge in [-0.3, -0.25) is 5.10 Å². The smallest absolute Gasteiger partial charge is 0.140 e. The summed E-state index contributed by atoms with van der Waals surface area (Å²) in [5, 5.41) is 27.3. The Morgan fingerprint density at radius 2 is 1.56 bits per heavy atom. The molecule has 0 amide bonds. The van der Waals surface area contributed by atoms with Crippen molar-refractivity contribution in [1.82, 2.24) is 20.0 Å². The molecule has 7 heteroatoms. The number of nitrogens with one attached hydrogen (secondary N) is 1. The van der Waals surface area contributed by atoms with Gasteiger partial charge < -0.3 is 0 Å². The normalized spacial score (nSPS) is 8.85. The summed E-state index contributed by atoms with van der Waals surface area (Å²) in [6.45, 7) is 0. The van der Waals surface area contributed by atoms with E-state index in [0.29, 0.717) is 5.56 Å². The monoisotopic (exact) mass is 358 g/mol. The number of nitriles is 2. The molecule has 2 aromatic heterocycles. The summed E-state index contributed by atoms with van der Waals surface area (Å²) in [5.74, 6) is -0.458. The third-order valence-electron chi connectivity index (χ3n) is 3.18. The molecule has 27 heavy (non-hydrogen) atoms. The molecule has 4 aromatic rings. The fraction of sp³-hybridized carbons (Fsp3) is 0. The number of aromatic amines is 1. The van der Waals surface area contributed by atoms with Gasteiger partial charge in [0.15, 0.2) is 0 Å². The van der Waals surface area contributed by atoms with Crippen molar-refractivity contribution in [3.8, 4) is 17.8 Å². The summed E-state index contributed by atoms with van der Waals surface area (Å²) in [6.07, 6.45) is 6.96. The van der Waals surface area contributed by atoms with E-state index in [9.17, 15) is 4.39 Å². The molecule has 0 saturated heterocycles. The Morgan fingerprint density at radius 3 is 2.04 bits per heavy atom. The van der Waals surface area contributed by atoms with Gasteiger partial charge in [0.1, 0.15) is 18.0 Å². The van der Waals surface area contributed by atoms with E-state index in [1.165, 1.54) is 12.1 Å². The van der Waals surface area contributed by atoms with E-state index in [-0.39, 0.29) is 5.56 Å². The van der Waals surface area contributed by atoms with Crippen molar-refractivity contribution in [2.75, 3.05) is 0 Å². The molecule has 0 aliphatic rings. The molecule has 0 aliphatic heterocycles. The molecule has 0 bridgehead atoms. The fourth-order valence-corrected chi connectivity index (χ4v) is 1.95. The number of hydrogen-bond acceptors (Lipinski definition) is 4. The second-order valence-corrected chi connectivity index (χ2v) is 4.94. The number of para-hydroxylation sites is 1. The Bertz CT molecular complexity index is 994. The van der Waals surface area contributed by atoms with Crippen LogP contribution in [0.2, 0.25) is 0 Å². The minimum atomic E-state index is -0.458. The number of rotatable bonds is 1. The quantitative estimate of drug-likeness (QED) is 0.559. The second-order valence-electron chi connectivity index (χ2n) is 4.94. The lowest BCUT2D eigenvalue weighted by molar-refractivity contribution is 0.624. The standard InChI is InChI=1S/C10H7N3.C7H4FN.C3H4N2/c11-8-9-4-1-2-5-10(9)13-7-3-6-12-13;8-7-4-2-1-3-6(7)5-9;1-2-4-5-3-1/h1-7H;1-4H;1-3H,(H,4,5). The van der Waals surface area contributed by atoms with Crippen LogP contribution in [0.1, 0.15) is 11.1 Å². The molecule has 1 N–H and O–H groups in total. The molecular weight excluding hydrogens is 343 g/mol. The Labute approximate surface area is 155 Å².